The van der Waals surface area contributed by atoms with E-state index in [1.807, 2.05) is 34.0 Å². The van der Waals surface area contributed by atoms with Gasteiger partial charge in [0.15, 0.2) is 0 Å². The Morgan fingerprint density at radius 1 is 1.23 bits per heavy atom. The van der Waals surface area contributed by atoms with Gasteiger partial charge in [-0.05, 0) is 25.2 Å². The van der Waals surface area contributed by atoms with Gasteiger partial charge in [0.05, 0.1) is 23.5 Å². The van der Waals surface area contributed by atoms with E-state index in [0.29, 0.717) is 12.1 Å². The number of aromatic nitrogens is 3. The molecule has 7 heteroatoms. The van der Waals surface area contributed by atoms with Crippen LogP contribution in [-0.4, -0.2) is 59.5 Å². The molecule has 2 aromatic rings. The fourth-order valence-electron chi connectivity index (χ4n) is 2.99. The van der Waals surface area contributed by atoms with E-state index in [-0.39, 0.29) is 0 Å². The molecule has 0 spiro atoms. The summed E-state index contributed by atoms with van der Waals surface area (Å²) in [7, 11) is 2.12. The van der Waals surface area contributed by atoms with Gasteiger partial charge in [0, 0.05) is 26.2 Å². The fraction of sp³-hybridized carbons (Fsp3) is 0.316. The van der Waals surface area contributed by atoms with E-state index in [9.17, 15) is 5.26 Å². The van der Waals surface area contributed by atoms with Gasteiger partial charge < -0.3 is 9.80 Å². The van der Waals surface area contributed by atoms with Crippen LogP contribution in [0.4, 0.5) is 11.4 Å². The summed E-state index contributed by atoms with van der Waals surface area (Å²) in [6.45, 7) is 8.16. The van der Waals surface area contributed by atoms with Gasteiger partial charge in [-0.2, -0.15) is 5.26 Å². The van der Waals surface area contributed by atoms with Gasteiger partial charge in [0.2, 0.25) is 0 Å². The van der Waals surface area contributed by atoms with E-state index in [1.54, 1.807) is 18.7 Å². The van der Waals surface area contributed by atoms with Gasteiger partial charge in [-0.25, -0.2) is 4.68 Å². The molecule has 134 valence electrons. The molecule has 0 radical (unpaired) electrons. The molecule has 1 aliphatic heterocycles. The third-order valence-electron chi connectivity index (χ3n) is 4.48. The molecule has 0 amide bonds. The van der Waals surface area contributed by atoms with Crippen LogP contribution in [0.2, 0.25) is 0 Å². The maximum absolute atomic E-state index is 9.54. The predicted octanol–water partition coefficient (Wildman–Crippen LogP) is 1.91. The number of nitriles is 1. The highest BCUT2D eigenvalue weighted by molar-refractivity contribution is 5.67. The Morgan fingerprint density at radius 2 is 1.96 bits per heavy atom. The zero-order valence-electron chi connectivity index (χ0n) is 15.0. The number of piperazine rings is 1. The second kappa shape index (κ2) is 8.32. The molecule has 1 aliphatic rings. The maximum Gasteiger partial charge on any atom is 0.139 e. The first kappa shape index (κ1) is 17.7. The first-order valence-corrected chi connectivity index (χ1v) is 8.60. The van der Waals surface area contributed by atoms with E-state index in [4.69, 9.17) is 0 Å². The summed E-state index contributed by atoms with van der Waals surface area (Å²) in [6, 6.07) is 8.24. The highest BCUT2D eigenvalue weighted by Gasteiger charge is 2.19. The Balaban J connectivity index is 1.94. The van der Waals surface area contributed by atoms with Crippen molar-refractivity contribution < 1.29 is 0 Å². The Bertz CT molecular complexity index is 796. The third kappa shape index (κ3) is 3.92. The molecule has 0 atom stereocenters. The molecule has 1 aromatic carbocycles. The van der Waals surface area contributed by atoms with Crippen molar-refractivity contribution in [3.63, 3.8) is 0 Å². The van der Waals surface area contributed by atoms with Crippen LogP contribution >= 0.6 is 0 Å². The van der Waals surface area contributed by atoms with Crippen LogP contribution in [0.1, 0.15) is 5.56 Å². The zero-order valence-corrected chi connectivity index (χ0v) is 15.0. The van der Waals surface area contributed by atoms with Crippen LogP contribution in [0, 0.1) is 11.3 Å². The summed E-state index contributed by atoms with van der Waals surface area (Å²) in [6.07, 6.45) is 8.99. The largest absolute Gasteiger partial charge is 0.368 e. The number of hydrogen-bond donors (Lipinski definition) is 0. The van der Waals surface area contributed by atoms with E-state index < -0.39 is 0 Å². The summed E-state index contributed by atoms with van der Waals surface area (Å²) >= 11 is 0. The van der Waals surface area contributed by atoms with Crippen molar-refractivity contribution in [1.82, 2.24) is 19.8 Å². The molecule has 0 bridgehead atoms. The van der Waals surface area contributed by atoms with Crippen molar-refractivity contribution >= 4 is 11.4 Å². The highest BCUT2D eigenvalue weighted by atomic mass is 15.6. The first-order valence-electron chi connectivity index (χ1n) is 8.60. The zero-order chi connectivity index (χ0) is 18.4. The fourth-order valence-corrected chi connectivity index (χ4v) is 2.99. The van der Waals surface area contributed by atoms with Crippen LogP contribution in [0.3, 0.4) is 0 Å². The molecule has 1 fully saturated rings. The van der Waals surface area contributed by atoms with Crippen molar-refractivity contribution in [3.05, 3.63) is 61.2 Å². The molecule has 1 aromatic heterocycles. The van der Waals surface area contributed by atoms with Crippen LogP contribution in [-0.2, 0) is 0 Å². The number of hydrogen-bond acceptors (Lipinski definition) is 6. The molecule has 3 rings (SSSR count). The van der Waals surface area contributed by atoms with Crippen LogP contribution in [0.5, 0.6) is 0 Å². The minimum absolute atomic E-state index is 0.637. The number of anilines is 2. The molecule has 0 aliphatic carbocycles. The number of nitrogens with zero attached hydrogens (tertiary/aromatic N) is 7. The Kier molecular flexibility index (Phi) is 5.66. The van der Waals surface area contributed by atoms with Gasteiger partial charge in [-0.3, -0.25) is 5.01 Å². The standard InChI is InChI=1S/C19H23N7/c1-3-4-5-8-26(25-15-21-22-16-25)18-7-6-17(14-20)19(13-18)24-11-9-23(2)10-12-24/h3-7,13,15-16H,1,8-12H2,2H3/b5-4+. The highest BCUT2D eigenvalue weighted by Crippen LogP contribution is 2.28. The van der Waals surface area contributed by atoms with E-state index in [2.05, 4.69) is 45.8 Å². The SMILES string of the molecule is C=C/C=C/CN(c1ccc(C#N)c(N2CCN(C)CC2)c1)n1cnnc1. The molecule has 0 N–H and O–H groups in total. The molecule has 26 heavy (non-hydrogen) atoms. The van der Waals surface area contributed by atoms with E-state index in [1.165, 1.54) is 0 Å². The van der Waals surface area contributed by atoms with Gasteiger partial charge in [0.25, 0.3) is 0 Å². The molecule has 0 unspecified atom stereocenters. The average Bonchev–Trinajstić information content (AvgIpc) is 3.20. The first-order chi connectivity index (χ1) is 12.7. The monoisotopic (exact) mass is 349 g/mol. The smallest absolute Gasteiger partial charge is 0.139 e. The van der Waals surface area contributed by atoms with Crippen LogP contribution in [0.15, 0.2) is 55.7 Å². The minimum Gasteiger partial charge on any atom is -0.368 e. The average molecular weight is 349 g/mol. The van der Waals surface area contributed by atoms with Gasteiger partial charge in [0.1, 0.15) is 18.7 Å². The van der Waals surface area contributed by atoms with Crippen molar-refractivity contribution in [1.29, 1.82) is 5.26 Å². The Hall–Kier alpha value is -3.11. The second-order valence-corrected chi connectivity index (χ2v) is 6.19. The molecular formula is C19H23N7. The lowest BCUT2D eigenvalue weighted by molar-refractivity contribution is 0.313. The third-order valence-corrected chi connectivity index (χ3v) is 4.48. The summed E-state index contributed by atoms with van der Waals surface area (Å²) in [4.78, 5) is 4.59. The predicted molar refractivity (Wildman–Crippen MR) is 103 cm³/mol. The van der Waals surface area contributed by atoms with Crippen molar-refractivity contribution in [3.8, 4) is 6.07 Å². The van der Waals surface area contributed by atoms with Crippen molar-refractivity contribution in [2.24, 2.45) is 0 Å². The normalized spacial score (nSPS) is 15.2. The molecule has 1 saturated heterocycles. The number of likely N-dealkylation sites (N-methyl/N-ethyl adjacent to an activating group) is 1. The van der Waals surface area contributed by atoms with Crippen molar-refractivity contribution in [2.45, 2.75) is 0 Å². The maximum atomic E-state index is 9.54. The lowest BCUT2D eigenvalue weighted by Gasteiger charge is -2.35. The van der Waals surface area contributed by atoms with Gasteiger partial charge in [-0.15, -0.1) is 10.2 Å². The van der Waals surface area contributed by atoms with Crippen LogP contribution < -0.4 is 9.91 Å². The second-order valence-electron chi connectivity index (χ2n) is 6.19. The Labute approximate surface area is 154 Å². The topological polar surface area (TPSA) is 64.2 Å². The number of rotatable bonds is 6. The summed E-state index contributed by atoms with van der Waals surface area (Å²) in [5.74, 6) is 0. The van der Waals surface area contributed by atoms with Gasteiger partial charge >= 0.3 is 0 Å². The number of benzene rings is 1. The minimum atomic E-state index is 0.637. The summed E-state index contributed by atoms with van der Waals surface area (Å²) in [5.41, 5.74) is 2.65. The van der Waals surface area contributed by atoms with E-state index in [0.717, 1.165) is 37.6 Å². The molecule has 7 nitrogen and oxygen atoms in total. The summed E-state index contributed by atoms with van der Waals surface area (Å²) in [5, 5.41) is 19.4. The van der Waals surface area contributed by atoms with Crippen LogP contribution in [0.25, 0.3) is 0 Å². The molecule has 2 heterocycles. The number of allylic oxidation sites excluding steroid dienone is 2. The lowest BCUT2D eigenvalue weighted by Crippen LogP contribution is -2.44. The molecule has 0 saturated carbocycles. The lowest BCUT2D eigenvalue weighted by atomic mass is 10.1. The molecular weight excluding hydrogens is 326 g/mol. The summed E-state index contributed by atoms with van der Waals surface area (Å²) < 4.78 is 1.84. The van der Waals surface area contributed by atoms with Crippen molar-refractivity contribution in [2.75, 3.05) is 49.7 Å². The Morgan fingerprint density at radius 3 is 2.62 bits per heavy atom. The van der Waals surface area contributed by atoms with Gasteiger partial charge in [-0.1, -0.05) is 24.8 Å². The van der Waals surface area contributed by atoms with E-state index >= 15 is 0 Å². The quantitative estimate of drug-likeness (QED) is 0.743.